The number of halogens is 3. The first-order valence-electron chi connectivity index (χ1n) is 8.93. The zero-order valence-electron chi connectivity index (χ0n) is 15.1. The highest BCUT2D eigenvalue weighted by Gasteiger charge is 2.38. The van der Waals surface area contributed by atoms with Crippen molar-refractivity contribution in [2.24, 2.45) is 0 Å². The van der Waals surface area contributed by atoms with Crippen LogP contribution in [0.15, 0.2) is 53.4 Å². The number of alkyl halides is 3. The molecule has 2 aromatic carbocycles. The topological polar surface area (TPSA) is 38.1 Å². The first-order chi connectivity index (χ1) is 13.3. The minimum atomic E-state index is -4.64. The second-order valence-electron chi connectivity index (χ2n) is 6.74. The van der Waals surface area contributed by atoms with Gasteiger partial charge < -0.3 is 9.47 Å². The van der Waals surface area contributed by atoms with E-state index in [1.165, 1.54) is 6.07 Å². The summed E-state index contributed by atoms with van der Waals surface area (Å²) in [6.07, 6.45) is -3.87. The Morgan fingerprint density at radius 2 is 1.89 bits per heavy atom. The summed E-state index contributed by atoms with van der Waals surface area (Å²) in [5.74, 6) is -1.43. The van der Waals surface area contributed by atoms with Gasteiger partial charge in [0.1, 0.15) is 6.54 Å². The van der Waals surface area contributed by atoms with E-state index in [1.807, 2.05) is 24.3 Å². The maximum atomic E-state index is 13.5. The summed E-state index contributed by atoms with van der Waals surface area (Å²) in [6, 6.07) is 13.9. The number of hydrogen-bond acceptors (Lipinski definition) is 3. The summed E-state index contributed by atoms with van der Waals surface area (Å²) in [4.78, 5) is 19.4. The molecule has 0 aliphatic carbocycles. The van der Waals surface area contributed by atoms with E-state index in [-0.39, 0.29) is 11.4 Å². The van der Waals surface area contributed by atoms with Crippen LogP contribution in [0.3, 0.4) is 0 Å². The average molecular weight is 405 g/mol. The third-order valence-corrected chi connectivity index (χ3v) is 5.98. The molecule has 28 heavy (non-hydrogen) atoms. The molecule has 1 amide bonds. The Balaban J connectivity index is 1.73. The fourth-order valence-electron chi connectivity index (χ4n) is 3.42. The van der Waals surface area contributed by atoms with Crippen LogP contribution >= 0.6 is 11.8 Å². The van der Waals surface area contributed by atoms with Crippen LogP contribution in [0.25, 0.3) is 11.0 Å². The molecule has 1 aliphatic heterocycles. The van der Waals surface area contributed by atoms with Crippen LogP contribution in [0.4, 0.5) is 18.9 Å². The first-order valence-corrected chi connectivity index (χ1v) is 9.81. The number of hydrogen-bond donors (Lipinski definition) is 0. The Kier molecular flexibility index (Phi) is 4.82. The lowest BCUT2D eigenvalue weighted by molar-refractivity contribution is -0.147. The van der Waals surface area contributed by atoms with E-state index >= 15 is 0 Å². The van der Waals surface area contributed by atoms with E-state index in [9.17, 15) is 18.0 Å². The summed E-state index contributed by atoms with van der Waals surface area (Å²) in [6.45, 7) is 2.14. The number of imidazole rings is 1. The van der Waals surface area contributed by atoms with Crippen molar-refractivity contribution in [2.75, 3.05) is 11.4 Å². The fourth-order valence-corrected chi connectivity index (χ4v) is 4.53. The van der Waals surface area contributed by atoms with Crippen molar-refractivity contribution in [3.8, 4) is 0 Å². The number of amides is 1. The molecule has 0 unspecified atom stereocenters. The van der Waals surface area contributed by atoms with Crippen LogP contribution in [-0.4, -0.2) is 27.3 Å². The van der Waals surface area contributed by atoms with Gasteiger partial charge in [-0.05, 0) is 30.7 Å². The maximum Gasteiger partial charge on any atom is 0.449 e. The van der Waals surface area contributed by atoms with Gasteiger partial charge in [-0.3, -0.25) is 4.79 Å². The van der Waals surface area contributed by atoms with Crippen molar-refractivity contribution in [3.63, 3.8) is 0 Å². The number of aromatic nitrogens is 2. The first kappa shape index (κ1) is 18.9. The Hall–Kier alpha value is -2.48. The molecule has 2 heterocycles. The van der Waals surface area contributed by atoms with E-state index in [4.69, 9.17) is 0 Å². The Morgan fingerprint density at radius 3 is 2.68 bits per heavy atom. The highest BCUT2D eigenvalue weighted by molar-refractivity contribution is 8.00. The molecule has 1 aliphatic rings. The Labute approximate surface area is 164 Å². The molecule has 4 nitrogen and oxygen atoms in total. The van der Waals surface area contributed by atoms with Crippen molar-refractivity contribution in [3.05, 3.63) is 54.4 Å². The zero-order valence-corrected chi connectivity index (χ0v) is 15.9. The Bertz CT molecular complexity index is 1030. The van der Waals surface area contributed by atoms with Gasteiger partial charge in [-0.2, -0.15) is 13.2 Å². The minimum absolute atomic E-state index is 0.225. The van der Waals surface area contributed by atoms with Crippen molar-refractivity contribution in [2.45, 2.75) is 36.2 Å². The monoisotopic (exact) mass is 405 g/mol. The number of carbonyl (C=O) groups is 1. The lowest BCUT2D eigenvalue weighted by Gasteiger charge is -2.23. The number of anilines is 1. The molecule has 1 aromatic heterocycles. The summed E-state index contributed by atoms with van der Waals surface area (Å²) in [7, 11) is 0. The normalized spacial score (nSPS) is 17.4. The molecule has 0 fully saturated rings. The molecular formula is C20H18F3N3OS. The highest BCUT2D eigenvalue weighted by atomic mass is 32.2. The lowest BCUT2D eigenvalue weighted by atomic mass is 10.2. The van der Waals surface area contributed by atoms with Gasteiger partial charge in [-0.1, -0.05) is 31.2 Å². The van der Waals surface area contributed by atoms with Crippen molar-refractivity contribution >= 4 is 34.4 Å². The molecule has 0 bridgehead atoms. The summed E-state index contributed by atoms with van der Waals surface area (Å²) in [5.41, 5.74) is 1.27. The molecular weight excluding hydrogens is 387 g/mol. The van der Waals surface area contributed by atoms with Crippen LogP contribution in [0, 0.1) is 0 Å². The van der Waals surface area contributed by atoms with E-state index in [0.717, 1.165) is 21.6 Å². The fraction of sp³-hybridized carbons (Fsp3) is 0.300. The van der Waals surface area contributed by atoms with Crippen LogP contribution in [-0.2, 0) is 17.5 Å². The van der Waals surface area contributed by atoms with Crippen LogP contribution < -0.4 is 4.90 Å². The highest BCUT2D eigenvalue weighted by Crippen LogP contribution is 2.38. The van der Waals surface area contributed by atoms with Gasteiger partial charge in [0.25, 0.3) is 0 Å². The van der Waals surface area contributed by atoms with Crippen LogP contribution in [0.1, 0.15) is 19.2 Å². The summed E-state index contributed by atoms with van der Waals surface area (Å²) >= 11 is 1.68. The molecule has 0 spiro atoms. The second-order valence-corrected chi connectivity index (χ2v) is 8.22. The number of rotatable bonds is 2. The van der Waals surface area contributed by atoms with E-state index in [2.05, 4.69) is 11.9 Å². The van der Waals surface area contributed by atoms with Crippen LogP contribution in [0.5, 0.6) is 0 Å². The lowest BCUT2D eigenvalue weighted by Crippen LogP contribution is -2.35. The third-order valence-electron chi connectivity index (χ3n) is 4.75. The predicted octanol–water partition coefficient (Wildman–Crippen LogP) is 4.97. The molecule has 1 atom stereocenters. The molecule has 0 radical (unpaired) electrons. The maximum absolute atomic E-state index is 13.5. The smallest absolute Gasteiger partial charge is 0.311 e. The number of nitrogens with zero attached hydrogens (tertiary/aromatic N) is 3. The van der Waals surface area contributed by atoms with Gasteiger partial charge in [-0.15, -0.1) is 11.8 Å². The van der Waals surface area contributed by atoms with Gasteiger partial charge in [0.05, 0.1) is 16.7 Å². The summed E-state index contributed by atoms with van der Waals surface area (Å²) in [5, 5.41) is 0.318. The average Bonchev–Trinajstić information content (AvgIpc) is 2.93. The van der Waals surface area contributed by atoms with Gasteiger partial charge in [0.15, 0.2) is 0 Å². The van der Waals surface area contributed by atoms with Crippen LogP contribution in [0.2, 0.25) is 0 Å². The van der Waals surface area contributed by atoms with Gasteiger partial charge in [0, 0.05) is 16.7 Å². The zero-order chi connectivity index (χ0) is 19.9. The van der Waals surface area contributed by atoms with Crippen molar-refractivity contribution < 1.29 is 18.0 Å². The van der Waals surface area contributed by atoms with Crippen molar-refractivity contribution in [1.29, 1.82) is 0 Å². The quantitative estimate of drug-likeness (QED) is 0.604. The number of thioether (sulfide) groups is 1. The molecule has 0 saturated carbocycles. The largest absolute Gasteiger partial charge is 0.449 e. The molecule has 3 aromatic rings. The van der Waals surface area contributed by atoms with E-state index < -0.39 is 18.5 Å². The molecule has 8 heteroatoms. The standard InChI is InChI=1S/C20H18F3N3OS/c1-13-10-11-25(16-8-4-5-9-17(16)28-13)18(27)12-26-15-7-3-2-6-14(15)24-19(26)20(21,22)23/h2-9,13H,10-12H2,1H3/t13-/m1/s1. The second kappa shape index (κ2) is 7.16. The van der Waals surface area contributed by atoms with Gasteiger partial charge in [0.2, 0.25) is 11.7 Å². The van der Waals surface area contributed by atoms with E-state index in [0.29, 0.717) is 17.3 Å². The number of benzene rings is 2. The number of carbonyl (C=O) groups excluding carboxylic acids is 1. The van der Waals surface area contributed by atoms with Crippen molar-refractivity contribution in [1.82, 2.24) is 9.55 Å². The Morgan fingerprint density at radius 1 is 1.18 bits per heavy atom. The summed E-state index contributed by atoms with van der Waals surface area (Å²) < 4.78 is 41.5. The number of fused-ring (bicyclic) bond motifs is 2. The van der Waals surface area contributed by atoms with Gasteiger partial charge in [-0.25, -0.2) is 4.98 Å². The molecule has 4 rings (SSSR count). The molecule has 146 valence electrons. The molecule has 0 saturated heterocycles. The third kappa shape index (κ3) is 3.48. The minimum Gasteiger partial charge on any atom is -0.311 e. The van der Waals surface area contributed by atoms with Gasteiger partial charge >= 0.3 is 6.18 Å². The SMILES string of the molecule is C[C@@H]1CCN(C(=O)Cn2c(C(F)(F)F)nc3ccccc32)c2ccccc2S1. The molecule has 0 N–H and O–H groups in total. The predicted molar refractivity (Wildman–Crippen MR) is 103 cm³/mol. The number of para-hydroxylation sites is 3. The van der Waals surface area contributed by atoms with E-state index in [1.54, 1.807) is 34.9 Å².